The Balaban J connectivity index is 1.70. The number of hydrogen-bond acceptors (Lipinski definition) is 7. The van der Waals surface area contributed by atoms with Gasteiger partial charge in [0.2, 0.25) is 11.8 Å². The van der Waals surface area contributed by atoms with Crippen LogP contribution in [0.2, 0.25) is 5.15 Å². The predicted octanol–water partition coefficient (Wildman–Crippen LogP) is 3.78. The molecule has 0 spiro atoms. The lowest BCUT2D eigenvalue weighted by atomic mass is 9.69. The van der Waals surface area contributed by atoms with Gasteiger partial charge in [-0.05, 0) is 17.0 Å². The maximum absolute atomic E-state index is 13.9. The largest absolute Gasteiger partial charge is 0.494 e. The van der Waals surface area contributed by atoms with Crippen molar-refractivity contribution in [2.45, 2.75) is 44.4 Å². The topological polar surface area (TPSA) is 92.8 Å². The zero-order chi connectivity index (χ0) is 24.5. The first-order chi connectivity index (χ1) is 16.3. The molecule has 2 aromatic rings. The van der Waals surface area contributed by atoms with E-state index in [1.807, 2.05) is 30.0 Å². The van der Waals surface area contributed by atoms with Gasteiger partial charge in [-0.3, -0.25) is 9.59 Å². The number of likely N-dealkylation sites (tertiary alicyclic amines) is 1. The fourth-order valence-electron chi connectivity index (χ4n) is 4.70. The number of aromatic nitrogens is 1. The highest BCUT2D eigenvalue weighted by Gasteiger charge is 2.59. The number of hydrogen-bond donors (Lipinski definition) is 2. The van der Waals surface area contributed by atoms with E-state index in [0.717, 1.165) is 17.4 Å². The molecule has 34 heavy (non-hydrogen) atoms. The maximum atomic E-state index is 13.9. The summed E-state index contributed by atoms with van der Waals surface area (Å²) < 4.78 is 11.3. The molecule has 0 aliphatic carbocycles. The predicted molar refractivity (Wildman–Crippen MR) is 130 cm³/mol. The molecule has 180 valence electrons. The summed E-state index contributed by atoms with van der Waals surface area (Å²) in [7, 11) is 1.52. The highest BCUT2D eigenvalue weighted by atomic mass is 35.5. The number of benzene rings is 1. The second kappa shape index (κ2) is 9.27. The number of carbonyl (C=O) groups is 2. The van der Waals surface area contributed by atoms with Crippen LogP contribution in [0.25, 0.3) is 0 Å². The van der Waals surface area contributed by atoms with E-state index in [0.29, 0.717) is 36.6 Å². The summed E-state index contributed by atoms with van der Waals surface area (Å²) >= 11 is 6.00. The number of rotatable bonds is 8. The normalized spacial score (nSPS) is 21.2. The highest BCUT2D eigenvalue weighted by Crippen LogP contribution is 2.44. The maximum Gasteiger partial charge on any atom is 0.240 e. The van der Waals surface area contributed by atoms with Gasteiger partial charge in [-0.25, -0.2) is 9.88 Å². The minimum atomic E-state index is -0.869. The van der Waals surface area contributed by atoms with Crippen LogP contribution >= 0.6 is 11.6 Å². The van der Waals surface area contributed by atoms with Gasteiger partial charge in [0.25, 0.3) is 0 Å². The van der Waals surface area contributed by atoms with E-state index in [2.05, 4.69) is 35.5 Å². The van der Waals surface area contributed by atoms with Crippen molar-refractivity contribution in [1.29, 1.82) is 0 Å². The van der Waals surface area contributed by atoms with Crippen LogP contribution in [0.5, 0.6) is 5.75 Å². The molecule has 4 rings (SSSR count). The van der Waals surface area contributed by atoms with Crippen LogP contribution in [0.3, 0.4) is 0 Å². The van der Waals surface area contributed by atoms with E-state index >= 15 is 0 Å². The third kappa shape index (κ3) is 4.01. The molecule has 2 aliphatic rings. The lowest BCUT2D eigenvalue weighted by molar-refractivity contribution is -0.178. The molecule has 2 N–H and O–H groups in total. The van der Waals surface area contributed by atoms with Crippen molar-refractivity contribution in [1.82, 2.24) is 15.2 Å². The average Bonchev–Trinajstić information content (AvgIpc) is 3.24. The van der Waals surface area contributed by atoms with Crippen molar-refractivity contribution in [3.63, 3.8) is 0 Å². The first-order valence-electron chi connectivity index (χ1n) is 11.3. The van der Waals surface area contributed by atoms with Crippen LogP contribution < -0.4 is 15.4 Å². The van der Waals surface area contributed by atoms with E-state index in [-0.39, 0.29) is 17.0 Å². The SMILES string of the molecule is CCC1(N2CC(C(=O)Nc3cnc(Cl)cc3OC)(c3ccccc3C(C)C)C2)NC(C=O)=CO1. The molecule has 1 aromatic carbocycles. The summed E-state index contributed by atoms with van der Waals surface area (Å²) in [5, 5.41) is 6.46. The van der Waals surface area contributed by atoms with Crippen molar-refractivity contribution in [2.24, 2.45) is 0 Å². The molecule has 1 fully saturated rings. The first kappa shape index (κ1) is 24.0. The quantitative estimate of drug-likeness (QED) is 0.435. The zero-order valence-electron chi connectivity index (χ0n) is 19.7. The van der Waals surface area contributed by atoms with Gasteiger partial charge >= 0.3 is 0 Å². The molecule has 1 amide bonds. The van der Waals surface area contributed by atoms with Gasteiger partial charge < -0.3 is 20.1 Å². The van der Waals surface area contributed by atoms with Crippen LogP contribution in [-0.4, -0.2) is 48.1 Å². The summed E-state index contributed by atoms with van der Waals surface area (Å²) in [4.78, 5) is 31.4. The number of amides is 1. The number of anilines is 1. The lowest BCUT2D eigenvalue weighted by Crippen LogP contribution is -2.74. The molecule has 0 saturated carbocycles. The zero-order valence-corrected chi connectivity index (χ0v) is 20.5. The first-order valence-corrected chi connectivity index (χ1v) is 11.6. The summed E-state index contributed by atoms with van der Waals surface area (Å²) in [5.41, 5.74) is 2.05. The Bertz CT molecular complexity index is 1130. The smallest absolute Gasteiger partial charge is 0.240 e. The van der Waals surface area contributed by atoms with Crippen LogP contribution in [0, 0.1) is 0 Å². The summed E-state index contributed by atoms with van der Waals surface area (Å²) in [6.07, 6.45) is 4.24. The Morgan fingerprint density at radius 2 is 2.12 bits per heavy atom. The number of nitrogens with zero attached hydrogens (tertiary/aromatic N) is 2. The van der Waals surface area contributed by atoms with E-state index in [4.69, 9.17) is 21.1 Å². The highest BCUT2D eigenvalue weighted by molar-refractivity contribution is 6.29. The third-order valence-corrected chi connectivity index (χ3v) is 6.80. The van der Waals surface area contributed by atoms with Crippen LogP contribution in [0.15, 0.2) is 48.5 Å². The summed E-state index contributed by atoms with van der Waals surface area (Å²) in [5.74, 6) is -0.382. The second-order valence-electron chi connectivity index (χ2n) is 8.91. The standard InChI is InChI=1S/C25H29ClN4O4/c1-5-25(29-17(12-31)13-34-25)30-14-24(15-30,19-9-7-6-8-18(19)16(2)3)23(32)28-20-11-27-22(26)10-21(20)33-4/h6-13,16,29H,5,14-15H2,1-4H3,(H,28,32). The third-order valence-electron chi connectivity index (χ3n) is 6.59. The molecule has 0 bridgehead atoms. The van der Waals surface area contributed by atoms with Crippen LogP contribution in [0.4, 0.5) is 5.69 Å². The monoisotopic (exact) mass is 484 g/mol. The molecular weight excluding hydrogens is 456 g/mol. The molecule has 9 heteroatoms. The molecular formula is C25H29ClN4O4. The van der Waals surface area contributed by atoms with Gasteiger partial charge in [0.1, 0.15) is 34.0 Å². The van der Waals surface area contributed by atoms with Crippen molar-refractivity contribution >= 4 is 29.5 Å². The Morgan fingerprint density at radius 3 is 2.74 bits per heavy atom. The van der Waals surface area contributed by atoms with Gasteiger partial charge in [-0.1, -0.05) is 56.6 Å². The molecule has 1 atom stereocenters. The molecule has 1 saturated heterocycles. The van der Waals surface area contributed by atoms with Crippen molar-refractivity contribution in [3.05, 3.63) is 64.8 Å². The van der Waals surface area contributed by atoms with Crippen LogP contribution in [0.1, 0.15) is 44.2 Å². The molecule has 2 aliphatic heterocycles. The van der Waals surface area contributed by atoms with Gasteiger partial charge in [-0.2, -0.15) is 0 Å². The van der Waals surface area contributed by atoms with E-state index in [1.54, 1.807) is 6.07 Å². The molecule has 1 unspecified atom stereocenters. The van der Waals surface area contributed by atoms with Crippen molar-refractivity contribution in [2.75, 3.05) is 25.5 Å². The number of nitrogens with one attached hydrogen (secondary N) is 2. The number of carbonyl (C=O) groups excluding carboxylic acids is 2. The number of pyridine rings is 1. The molecule has 1 aromatic heterocycles. The summed E-state index contributed by atoms with van der Waals surface area (Å²) in [6, 6.07) is 9.58. The molecule has 3 heterocycles. The Labute approximate surface area is 204 Å². The van der Waals surface area contributed by atoms with E-state index < -0.39 is 11.3 Å². The van der Waals surface area contributed by atoms with Gasteiger partial charge in [0.15, 0.2) is 6.29 Å². The Hall–Kier alpha value is -3.10. The number of ether oxygens (including phenoxy) is 2. The number of halogens is 1. The fourth-order valence-corrected chi connectivity index (χ4v) is 4.85. The average molecular weight is 485 g/mol. The van der Waals surface area contributed by atoms with E-state index in [1.165, 1.54) is 19.6 Å². The second-order valence-corrected chi connectivity index (χ2v) is 9.30. The summed E-state index contributed by atoms with van der Waals surface area (Å²) in [6.45, 7) is 6.99. The van der Waals surface area contributed by atoms with Crippen molar-refractivity contribution in [3.8, 4) is 5.75 Å². The van der Waals surface area contributed by atoms with Gasteiger partial charge in [0.05, 0.1) is 13.3 Å². The molecule has 0 radical (unpaired) electrons. The van der Waals surface area contributed by atoms with Gasteiger partial charge in [-0.15, -0.1) is 0 Å². The fraction of sp³-hybridized carbons (Fsp3) is 0.400. The van der Waals surface area contributed by atoms with Crippen LogP contribution in [-0.2, 0) is 19.7 Å². The number of allylic oxidation sites excluding steroid dienone is 1. The minimum Gasteiger partial charge on any atom is -0.494 e. The lowest BCUT2D eigenvalue weighted by Gasteiger charge is -2.55. The van der Waals surface area contributed by atoms with Crippen molar-refractivity contribution < 1.29 is 19.1 Å². The van der Waals surface area contributed by atoms with E-state index in [9.17, 15) is 9.59 Å². The Morgan fingerprint density at radius 1 is 1.38 bits per heavy atom. The number of methoxy groups -OCH3 is 1. The molecule has 8 nitrogen and oxygen atoms in total. The Kier molecular flexibility index (Phi) is 6.55. The van der Waals surface area contributed by atoms with Gasteiger partial charge in [0, 0.05) is 25.6 Å². The minimum absolute atomic E-state index is 0.174. The number of aldehydes is 1.